The molecule has 0 atom stereocenters. The Balaban J connectivity index is 2.32. The minimum absolute atomic E-state index is 0.0548. The van der Waals surface area contributed by atoms with Gasteiger partial charge in [0.1, 0.15) is 10.8 Å². The fraction of sp³-hybridized carbons (Fsp3) is 0.0714. The summed E-state index contributed by atoms with van der Waals surface area (Å²) < 4.78 is 5.04. The lowest BCUT2D eigenvalue weighted by Gasteiger charge is -2.10. The van der Waals surface area contributed by atoms with Crippen LogP contribution in [-0.4, -0.2) is 22.9 Å². The van der Waals surface area contributed by atoms with Crippen LogP contribution >= 0.6 is 11.6 Å². The highest BCUT2D eigenvalue weighted by molar-refractivity contribution is 6.33. The molecular weight excluding hydrogens is 342 g/mol. The summed E-state index contributed by atoms with van der Waals surface area (Å²) in [6, 6.07) is 7.18. The summed E-state index contributed by atoms with van der Waals surface area (Å²) in [5, 5.41) is 23.8. The number of rotatable bonds is 5. The molecule has 0 saturated heterocycles. The molecule has 0 heterocycles. The van der Waals surface area contributed by atoms with E-state index in [0.29, 0.717) is 0 Å². The summed E-state index contributed by atoms with van der Waals surface area (Å²) in [5.74, 6) is -0.424. The predicted molar refractivity (Wildman–Crippen MR) is 85.7 cm³/mol. The van der Waals surface area contributed by atoms with E-state index >= 15 is 0 Å². The van der Waals surface area contributed by atoms with Gasteiger partial charge in [0, 0.05) is 23.8 Å². The second-order valence-corrected chi connectivity index (χ2v) is 4.93. The van der Waals surface area contributed by atoms with Gasteiger partial charge in [0.2, 0.25) is 0 Å². The van der Waals surface area contributed by atoms with Gasteiger partial charge >= 0.3 is 0 Å². The van der Waals surface area contributed by atoms with Crippen molar-refractivity contribution in [1.82, 2.24) is 0 Å². The molecule has 0 bridgehead atoms. The summed E-state index contributed by atoms with van der Waals surface area (Å²) in [4.78, 5) is 32.5. The smallest absolute Gasteiger partial charge is 0.287 e. The number of benzene rings is 2. The summed E-state index contributed by atoms with van der Waals surface area (Å²) >= 11 is 5.76. The fourth-order valence-corrected chi connectivity index (χ4v) is 2.15. The van der Waals surface area contributed by atoms with Gasteiger partial charge in [-0.15, -0.1) is 0 Å². The Kier molecular flexibility index (Phi) is 4.95. The zero-order valence-electron chi connectivity index (χ0n) is 12.2. The summed E-state index contributed by atoms with van der Waals surface area (Å²) in [6.45, 7) is 0. The molecule has 2 rings (SSSR count). The molecule has 0 saturated carbocycles. The summed E-state index contributed by atoms with van der Waals surface area (Å²) in [5.41, 5.74) is -0.417. The topological polar surface area (TPSA) is 125 Å². The molecule has 1 amide bonds. The number of nitrogens with one attached hydrogen (secondary N) is 1. The standard InChI is InChI=1S/C14H10ClN3O6/c1-24-13-5-3-9(17(20)21)7-11(13)16-14(19)8-2-4-12(18(22)23)10(15)6-8/h2-7H,1H3,(H,16,19). The van der Waals surface area contributed by atoms with E-state index in [-0.39, 0.29) is 33.4 Å². The van der Waals surface area contributed by atoms with Crippen molar-refractivity contribution in [1.29, 1.82) is 0 Å². The van der Waals surface area contributed by atoms with Crippen molar-refractivity contribution in [2.24, 2.45) is 0 Å². The fourth-order valence-electron chi connectivity index (χ4n) is 1.90. The van der Waals surface area contributed by atoms with Crippen LogP contribution in [0.2, 0.25) is 5.02 Å². The van der Waals surface area contributed by atoms with Crippen LogP contribution in [-0.2, 0) is 0 Å². The van der Waals surface area contributed by atoms with E-state index < -0.39 is 15.8 Å². The van der Waals surface area contributed by atoms with Crippen molar-refractivity contribution in [3.05, 3.63) is 67.2 Å². The average molecular weight is 352 g/mol. The van der Waals surface area contributed by atoms with Gasteiger partial charge in [-0.3, -0.25) is 25.0 Å². The van der Waals surface area contributed by atoms with Gasteiger partial charge in [-0.2, -0.15) is 0 Å². The quantitative estimate of drug-likeness (QED) is 0.650. The third-order valence-electron chi connectivity index (χ3n) is 3.05. The van der Waals surface area contributed by atoms with Gasteiger partial charge in [0.25, 0.3) is 17.3 Å². The van der Waals surface area contributed by atoms with Gasteiger partial charge < -0.3 is 10.1 Å². The number of amides is 1. The molecule has 0 spiro atoms. The maximum absolute atomic E-state index is 12.2. The van der Waals surface area contributed by atoms with Gasteiger partial charge in [-0.25, -0.2) is 0 Å². The SMILES string of the molecule is COc1ccc([N+](=O)[O-])cc1NC(=O)c1ccc([N+](=O)[O-])c(Cl)c1. The number of nitro benzene ring substituents is 2. The van der Waals surface area contributed by atoms with Crippen LogP contribution < -0.4 is 10.1 Å². The van der Waals surface area contributed by atoms with Gasteiger partial charge in [0.05, 0.1) is 22.6 Å². The molecular formula is C14H10ClN3O6. The normalized spacial score (nSPS) is 10.1. The number of anilines is 1. The third-order valence-corrected chi connectivity index (χ3v) is 3.35. The maximum Gasteiger partial charge on any atom is 0.287 e. The lowest BCUT2D eigenvalue weighted by atomic mass is 10.2. The molecule has 10 heteroatoms. The molecule has 0 unspecified atom stereocenters. The molecule has 0 aliphatic heterocycles. The van der Waals surface area contributed by atoms with Gasteiger partial charge in [-0.1, -0.05) is 11.6 Å². The van der Waals surface area contributed by atoms with Crippen LogP contribution in [0.15, 0.2) is 36.4 Å². The zero-order valence-corrected chi connectivity index (χ0v) is 12.9. The lowest BCUT2D eigenvalue weighted by Crippen LogP contribution is -2.13. The van der Waals surface area contributed by atoms with Crippen LogP contribution in [0.5, 0.6) is 5.75 Å². The van der Waals surface area contributed by atoms with Crippen molar-refractivity contribution >= 4 is 34.6 Å². The van der Waals surface area contributed by atoms with E-state index in [1.165, 1.54) is 25.3 Å². The Bertz CT molecular complexity index is 839. The van der Waals surface area contributed by atoms with Crippen LogP contribution in [0.3, 0.4) is 0 Å². The molecule has 0 fully saturated rings. The molecule has 1 N–H and O–H groups in total. The number of nitro groups is 2. The molecule has 24 heavy (non-hydrogen) atoms. The number of carbonyl (C=O) groups is 1. The van der Waals surface area contributed by atoms with Crippen LogP contribution in [0, 0.1) is 20.2 Å². The molecule has 0 aliphatic carbocycles. The Labute approximate surface area is 140 Å². The number of nitrogens with zero attached hydrogens (tertiary/aromatic N) is 2. The zero-order chi connectivity index (χ0) is 17.9. The Hall–Kier alpha value is -3.20. The highest BCUT2D eigenvalue weighted by Crippen LogP contribution is 2.30. The van der Waals surface area contributed by atoms with E-state index in [4.69, 9.17) is 16.3 Å². The number of ether oxygens (including phenoxy) is 1. The number of hydrogen-bond donors (Lipinski definition) is 1. The average Bonchev–Trinajstić information content (AvgIpc) is 2.54. The van der Waals surface area contributed by atoms with E-state index in [2.05, 4.69) is 5.32 Å². The number of halogens is 1. The molecule has 124 valence electrons. The third kappa shape index (κ3) is 3.58. The first-order valence-corrected chi connectivity index (χ1v) is 6.79. The van der Waals surface area contributed by atoms with E-state index in [9.17, 15) is 25.0 Å². The van der Waals surface area contributed by atoms with Crippen molar-refractivity contribution in [2.75, 3.05) is 12.4 Å². The minimum Gasteiger partial charge on any atom is -0.495 e. The highest BCUT2D eigenvalue weighted by Gasteiger charge is 2.18. The molecule has 0 radical (unpaired) electrons. The monoisotopic (exact) mass is 351 g/mol. The molecule has 9 nitrogen and oxygen atoms in total. The molecule has 0 aliphatic rings. The van der Waals surface area contributed by atoms with Gasteiger partial charge in [-0.05, 0) is 18.2 Å². The lowest BCUT2D eigenvalue weighted by molar-refractivity contribution is -0.384. The van der Waals surface area contributed by atoms with Gasteiger partial charge in [0.15, 0.2) is 0 Å². The molecule has 0 aromatic heterocycles. The second-order valence-electron chi connectivity index (χ2n) is 4.52. The second kappa shape index (κ2) is 6.92. The minimum atomic E-state index is -0.673. The Morgan fingerprint density at radius 1 is 1.12 bits per heavy atom. The van der Waals surface area contributed by atoms with Crippen molar-refractivity contribution < 1.29 is 19.4 Å². The van der Waals surface area contributed by atoms with E-state index in [1.807, 2.05) is 0 Å². The predicted octanol–water partition coefficient (Wildman–Crippen LogP) is 3.42. The Morgan fingerprint density at radius 2 is 1.83 bits per heavy atom. The first-order valence-electron chi connectivity index (χ1n) is 6.41. The van der Waals surface area contributed by atoms with Crippen LogP contribution in [0.25, 0.3) is 0 Å². The number of hydrogen-bond acceptors (Lipinski definition) is 6. The molecule has 2 aromatic carbocycles. The largest absolute Gasteiger partial charge is 0.495 e. The summed E-state index contributed by atoms with van der Waals surface area (Å²) in [6.07, 6.45) is 0. The van der Waals surface area contributed by atoms with E-state index in [0.717, 1.165) is 18.2 Å². The van der Waals surface area contributed by atoms with Crippen LogP contribution in [0.1, 0.15) is 10.4 Å². The maximum atomic E-state index is 12.2. The number of carbonyl (C=O) groups excluding carboxylic acids is 1. The highest BCUT2D eigenvalue weighted by atomic mass is 35.5. The molecule has 2 aromatic rings. The first-order chi connectivity index (χ1) is 11.3. The number of methoxy groups -OCH3 is 1. The van der Waals surface area contributed by atoms with E-state index in [1.54, 1.807) is 0 Å². The Morgan fingerprint density at radius 3 is 2.38 bits per heavy atom. The summed E-state index contributed by atoms with van der Waals surface area (Å²) in [7, 11) is 1.35. The van der Waals surface area contributed by atoms with Crippen molar-refractivity contribution in [3.63, 3.8) is 0 Å². The van der Waals surface area contributed by atoms with Crippen molar-refractivity contribution in [3.8, 4) is 5.75 Å². The van der Waals surface area contributed by atoms with Crippen LogP contribution in [0.4, 0.5) is 17.1 Å². The van der Waals surface area contributed by atoms with Crippen molar-refractivity contribution in [2.45, 2.75) is 0 Å². The number of non-ortho nitro benzene ring substituents is 1. The first kappa shape index (κ1) is 17.2.